The van der Waals surface area contributed by atoms with E-state index in [2.05, 4.69) is 27.1 Å². The average Bonchev–Trinajstić information content (AvgIpc) is 3.61. The molecule has 2 aromatic rings. The maximum absolute atomic E-state index is 12.9. The minimum absolute atomic E-state index is 0.0629. The van der Waals surface area contributed by atoms with E-state index in [-0.39, 0.29) is 11.9 Å². The van der Waals surface area contributed by atoms with Crippen molar-refractivity contribution < 1.29 is 22.7 Å². The number of aromatic nitrogens is 1. The predicted octanol–water partition coefficient (Wildman–Crippen LogP) is 5.45. The van der Waals surface area contributed by atoms with E-state index in [1.54, 1.807) is 6.20 Å². The van der Waals surface area contributed by atoms with Crippen LogP contribution in [0.5, 0.6) is 5.75 Å². The number of pyridine rings is 1. The molecule has 2 aliphatic heterocycles. The fraction of sp³-hybridized carbons (Fsp3) is 0.500. The van der Waals surface area contributed by atoms with Crippen LogP contribution in [0.15, 0.2) is 54.9 Å². The normalized spacial score (nSPS) is 23.5. The molecular weight excluding hydrogens is 481 g/mol. The van der Waals surface area contributed by atoms with Crippen LogP contribution < -0.4 is 20.3 Å². The number of carbonyl (C=O) groups excluding carboxylic acids is 1. The lowest BCUT2D eigenvalue weighted by molar-refractivity contribution is -0.137. The minimum atomic E-state index is -4.38. The lowest BCUT2D eigenvalue weighted by Crippen LogP contribution is -2.51. The van der Waals surface area contributed by atoms with E-state index < -0.39 is 17.3 Å². The second kappa shape index (κ2) is 9.58. The molecule has 5 rings (SSSR count). The number of hydrogen-bond acceptors (Lipinski definition) is 5. The molecule has 2 atom stereocenters. The van der Waals surface area contributed by atoms with Crippen molar-refractivity contribution in [1.29, 1.82) is 0 Å². The van der Waals surface area contributed by atoms with E-state index in [1.165, 1.54) is 12.1 Å². The zero-order chi connectivity index (χ0) is 26.4. The standard InChI is InChI=1S/C28H33F3N4O2/c1-17(27(2,3)37-24-11-5-19(6-12-24)28(29,30)31)33-21-14-22-9-10-23(15-21)35(22)25-13-4-18(16-32-25)26(36)34-20-7-8-20/h4-6,11-13,16,20-23,33H,1,7-10,14-15H2,2-3H3,(H,34,36). The molecule has 2 saturated heterocycles. The predicted molar refractivity (Wildman–Crippen MR) is 135 cm³/mol. The number of nitrogens with zero attached hydrogens (tertiary/aromatic N) is 2. The second-order valence-corrected chi connectivity index (χ2v) is 10.9. The van der Waals surface area contributed by atoms with Crippen LogP contribution in [0.25, 0.3) is 0 Å². The van der Waals surface area contributed by atoms with Gasteiger partial charge in [-0.2, -0.15) is 13.2 Å². The van der Waals surface area contributed by atoms with E-state index in [1.807, 2.05) is 26.0 Å². The number of nitrogens with one attached hydrogen (secondary N) is 2. The molecule has 1 amide bonds. The van der Waals surface area contributed by atoms with Crippen LogP contribution in [0.4, 0.5) is 19.0 Å². The molecule has 3 heterocycles. The van der Waals surface area contributed by atoms with Crippen molar-refractivity contribution in [2.45, 2.75) is 88.3 Å². The van der Waals surface area contributed by atoms with Crippen LogP contribution in [-0.2, 0) is 6.18 Å². The third-order valence-corrected chi connectivity index (χ3v) is 7.58. The number of amides is 1. The molecule has 1 aliphatic carbocycles. The summed E-state index contributed by atoms with van der Waals surface area (Å²) in [5, 5.41) is 6.53. The maximum Gasteiger partial charge on any atom is 0.416 e. The molecule has 2 bridgehead atoms. The Morgan fingerprint density at radius 2 is 1.62 bits per heavy atom. The molecule has 0 radical (unpaired) electrons. The van der Waals surface area contributed by atoms with Crippen molar-refractivity contribution in [1.82, 2.24) is 15.6 Å². The highest BCUT2D eigenvalue weighted by atomic mass is 19.4. The number of fused-ring (bicyclic) bond motifs is 2. The summed E-state index contributed by atoms with van der Waals surface area (Å²) in [6.07, 6.45) is 3.37. The van der Waals surface area contributed by atoms with Crippen molar-refractivity contribution in [3.05, 3.63) is 66.0 Å². The lowest BCUT2D eigenvalue weighted by atomic mass is 9.95. The van der Waals surface area contributed by atoms with Gasteiger partial charge in [-0.15, -0.1) is 0 Å². The van der Waals surface area contributed by atoms with Gasteiger partial charge in [-0.3, -0.25) is 4.79 Å². The fourth-order valence-electron chi connectivity index (χ4n) is 5.33. The first-order chi connectivity index (χ1) is 17.5. The number of ether oxygens (including phenoxy) is 1. The summed E-state index contributed by atoms with van der Waals surface area (Å²) in [4.78, 5) is 19.3. The Balaban J connectivity index is 1.17. The van der Waals surface area contributed by atoms with E-state index in [0.717, 1.165) is 56.5 Å². The first kappa shape index (κ1) is 25.4. The smallest absolute Gasteiger partial charge is 0.416 e. The van der Waals surface area contributed by atoms with Gasteiger partial charge >= 0.3 is 6.18 Å². The van der Waals surface area contributed by atoms with Gasteiger partial charge in [-0.25, -0.2) is 4.98 Å². The molecule has 6 nitrogen and oxygen atoms in total. The van der Waals surface area contributed by atoms with Crippen molar-refractivity contribution >= 4 is 11.7 Å². The van der Waals surface area contributed by atoms with Gasteiger partial charge in [0.1, 0.15) is 17.2 Å². The van der Waals surface area contributed by atoms with Gasteiger partial charge < -0.3 is 20.3 Å². The van der Waals surface area contributed by atoms with Gasteiger partial charge in [0.15, 0.2) is 0 Å². The summed E-state index contributed by atoms with van der Waals surface area (Å²) >= 11 is 0. The number of alkyl halides is 3. The minimum Gasteiger partial charge on any atom is -0.482 e. The highest BCUT2D eigenvalue weighted by Crippen LogP contribution is 2.39. The maximum atomic E-state index is 12.9. The number of rotatable bonds is 8. The van der Waals surface area contributed by atoms with Crippen molar-refractivity contribution in [3.8, 4) is 5.75 Å². The van der Waals surface area contributed by atoms with Crippen molar-refractivity contribution in [3.63, 3.8) is 0 Å². The lowest BCUT2D eigenvalue weighted by Gasteiger charge is -2.42. The van der Waals surface area contributed by atoms with Crippen LogP contribution in [0, 0.1) is 0 Å². The number of hydrogen-bond donors (Lipinski definition) is 2. The highest BCUT2D eigenvalue weighted by Gasteiger charge is 2.42. The molecule has 2 unspecified atom stereocenters. The largest absolute Gasteiger partial charge is 0.482 e. The molecule has 2 N–H and O–H groups in total. The van der Waals surface area contributed by atoms with Gasteiger partial charge in [0.25, 0.3) is 5.91 Å². The number of benzene rings is 1. The Hall–Kier alpha value is -3.23. The third kappa shape index (κ3) is 5.70. The second-order valence-electron chi connectivity index (χ2n) is 10.9. The molecule has 3 aliphatic rings. The van der Waals surface area contributed by atoms with Gasteiger partial charge in [-0.05, 0) is 88.8 Å². The zero-order valence-electron chi connectivity index (χ0n) is 21.1. The average molecular weight is 515 g/mol. The van der Waals surface area contributed by atoms with Gasteiger partial charge in [-0.1, -0.05) is 6.58 Å². The molecule has 1 aromatic carbocycles. The fourth-order valence-corrected chi connectivity index (χ4v) is 5.33. The molecule has 198 valence electrons. The molecule has 0 spiro atoms. The van der Waals surface area contributed by atoms with Crippen LogP contribution in [0.3, 0.4) is 0 Å². The van der Waals surface area contributed by atoms with Crippen LogP contribution in [-0.4, -0.2) is 40.7 Å². The van der Waals surface area contributed by atoms with Gasteiger partial charge in [0, 0.05) is 36.1 Å². The van der Waals surface area contributed by atoms with Gasteiger partial charge in [0.05, 0.1) is 11.1 Å². The molecule has 1 saturated carbocycles. The van der Waals surface area contributed by atoms with E-state index in [0.29, 0.717) is 35.1 Å². The van der Waals surface area contributed by atoms with E-state index in [4.69, 9.17) is 4.74 Å². The molecule has 1 aromatic heterocycles. The Kier molecular flexibility index (Phi) is 6.58. The number of halogens is 3. The van der Waals surface area contributed by atoms with Crippen molar-refractivity contribution in [2.75, 3.05) is 4.90 Å². The number of anilines is 1. The Morgan fingerprint density at radius 1 is 0.973 bits per heavy atom. The number of piperidine rings is 1. The Morgan fingerprint density at radius 3 is 2.16 bits per heavy atom. The van der Waals surface area contributed by atoms with E-state index >= 15 is 0 Å². The first-order valence-corrected chi connectivity index (χ1v) is 12.9. The summed E-state index contributed by atoms with van der Waals surface area (Å²) in [7, 11) is 0. The quantitative estimate of drug-likeness (QED) is 0.490. The van der Waals surface area contributed by atoms with E-state index in [9.17, 15) is 18.0 Å². The molecular formula is C28H33F3N4O2. The summed E-state index contributed by atoms with van der Waals surface area (Å²) in [5.74, 6) is 1.20. The highest BCUT2D eigenvalue weighted by molar-refractivity contribution is 5.94. The number of carbonyl (C=O) groups is 1. The monoisotopic (exact) mass is 514 g/mol. The van der Waals surface area contributed by atoms with Crippen LogP contribution >= 0.6 is 0 Å². The Bertz CT molecular complexity index is 1130. The summed E-state index contributed by atoms with van der Waals surface area (Å²) in [6.45, 7) is 7.90. The van der Waals surface area contributed by atoms with Crippen molar-refractivity contribution in [2.24, 2.45) is 0 Å². The SMILES string of the molecule is C=C(NC1CC2CCC(C1)N2c1ccc(C(=O)NC2CC2)cn1)C(C)(C)Oc1ccc(C(F)(F)F)cc1. The molecule has 37 heavy (non-hydrogen) atoms. The summed E-state index contributed by atoms with van der Waals surface area (Å²) in [5.41, 5.74) is -0.239. The topological polar surface area (TPSA) is 66.5 Å². The third-order valence-electron chi connectivity index (χ3n) is 7.58. The van der Waals surface area contributed by atoms with Crippen LogP contribution in [0.1, 0.15) is 68.3 Å². The molecule has 9 heteroatoms. The summed E-state index contributed by atoms with van der Waals surface area (Å²) in [6, 6.07) is 9.71. The van der Waals surface area contributed by atoms with Gasteiger partial charge in [0.2, 0.25) is 0 Å². The zero-order valence-corrected chi connectivity index (χ0v) is 21.1. The molecule has 3 fully saturated rings. The first-order valence-electron chi connectivity index (χ1n) is 12.9. The van der Waals surface area contributed by atoms with Crippen LogP contribution in [0.2, 0.25) is 0 Å². The summed E-state index contributed by atoms with van der Waals surface area (Å²) < 4.78 is 44.6. The Labute approximate surface area is 215 Å².